The Balaban J connectivity index is 2.93. The topological polar surface area (TPSA) is 41.6 Å². The molecule has 1 amide bonds. The van der Waals surface area contributed by atoms with E-state index in [0.717, 1.165) is 23.4 Å². The minimum Gasteiger partial charge on any atom is -0.385 e. The maximum Gasteiger partial charge on any atom is 0.254 e. The molecule has 0 heterocycles. The number of methoxy groups -OCH3 is 1. The van der Waals surface area contributed by atoms with E-state index in [1.165, 1.54) is 0 Å². The molecule has 0 unspecified atom stereocenters. The molecule has 1 N–H and O–H groups in total. The molecule has 0 aliphatic carbocycles. The summed E-state index contributed by atoms with van der Waals surface area (Å²) in [6.07, 6.45) is 0. The number of benzene rings is 1. The molecule has 20 heavy (non-hydrogen) atoms. The zero-order valence-electron chi connectivity index (χ0n) is 13.2. The monoisotopic (exact) mass is 278 g/mol. The Bertz CT molecular complexity index is 444. The summed E-state index contributed by atoms with van der Waals surface area (Å²) in [5.74, 6) is 0.0672. The van der Waals surface area contributed by atoms with Crippen LogP contribution >= 0.6 is 0 Å². The third-order valence-electron chi connectivity index (χ3n) is 3.26. The van der Waals surface area contributed by atoms with Crippen LogP contribution < -0.4 is 5.32 Å². The molecule has 1 rings (SSSR count). The lowest BCUT2D eigenvalue weighted by Gasteiger charge is -2.27. The lowest BCUT2D eigenvalue weighted by molar-refractivity contribution is 0.0634. The number of rotatable bonds is 7. The normalized spacial score (nSPS) is 10.7. The summed E-state index contributed by atoms with van der Waals surface area (Å²) >= 11 is 0. The molecule has 1 aromatic carbocycles. The van der Waals surface area contributed by atoms with Crippen molar-refractivity contribution in [2.75, 3.05) is 32.1 Å². The Morgan fingerprint density at radius 3 is 2.60 bits per heavy atom. The van der Waals surface area contributed by atoms with Gasteiger partial charge in [0.25, 0.3) is 5.91 Å². The molecule has 0 fully saturated rings. The lowest BCUT2D eigenvalue weighted by atomic mass is 10.1. The molecule has 0 saturated carbocycles. The minimum absolute atomic E-state index is 0.0672. The molecule has 112 valence electrons. The van der Waals surface area contributed by atoms with Gasteiger partial charge < -0.3 is 15.0 Å². The van der Waals surface area contributed by atoms with Crippen LogP contribution in [0.2, 0.25) is 0 Å². The highest BCUT2D eigenvalue weighted by atomic mass is 16.5. The maximum atomic E-state index is 12.6. The van der Waals surface area contributed by atoms with E-state index in [1.54, 1.807) is 7.11 Å². The first-order chi connectivity index (χ1) is 9.51. The lowest BCUT2D eigenvalue weighted by Crippen LogP contribution is -2.39. The molecule has 1 aromatic rings. The second kappa shape index (κ2) is 7.90. The maximum absolute atomic E-state index is 12.6. The Hall–Kier alpha value is -1.55. The number of carbonyl (C=O) groups is 1. The van der Waals surface area contributed by atoms with Gasteiger partial charge in [-0.1, -0.05) is 0 Å². The van der Waals surface area contributed by atoms with Crippen LogP contribution in [0.4, 0.5) is 5.69 Å². The van der Waals surface area contributed by atoms with Crippen LogP contribution in [0.1, 0.15) is 36.7 Å². The summed E-state index contributed by atoms with van der Waals surface area (Å²) in [5.41, 5.74) is 2.81. The third-order valence-corrected chi connectivity index (χ3v) is 3.26. The Morgan fingerprint density at radius 1 is 1.40 bits per heavy atom. The summed E-state index contributed by atoms with van der Waals surface area (Å²) in [6.45, 7) is 10.1. The van der Waals surface area contributed by atoms with E-state index in [0.29, 0.717) is 13.2 Å². The second-order valence-corrected chi connectivity index (χ2v) is 5.15. The van der Waals surface area contributed by atoms with Crippen LogP contribution in [0.15, 0.2) is 18.2 Å². The molecule has 0 spiro atoms. The Kier molecular flexibility index (Phi) is 6.52. The van der Waals surface area contributed by atoms with Gasteiger partial charge in [-0.15, -0.1) is 0 Å². The zero-order chi connectivity index (χ0) is 15.1. The number of amides is 1. The minimum atomic E-state index is 0.0672. The van der Waals surface area contributed by atoms with Gasteiger partial charge in [0, 0.05) is 37.5 Å². The van der Waals surface area contributed by atoms with Gasteiger partial charge in [0.15, 0.2) is 0 Å². The molecule has 0 aliphatic rings. The van der Waals surface area contributed by atoms with Crippen LogP contribution in [0.3, 0.4) is 0 Å². The fraction of sp³-hybridized carbons (Fsp3) is 0.562. The molecule has 4 heteroatoms. The first-order valence-corrected chi connectivity index (χ1v) is 7.15. The van der Waals surface area contributed by atoms with E-state index in [4.69, 9.17) is 4.74 Å². The van der Waals surface area contributed by atoms with Gasteiger partial charge in [-0.25, -0.2) is 0 Å². The van der Waals surface area contributed by atoms with E-state index < -0.39 is 0 Å². The molecular weight excluding hydrogens is 252 g/mol. The van der Waals surface area contributed by atoms with E-state index >= 15 is 0 Å². The second-order valence-electron chi connectivity index (χ2n) is 5.15. The number of hydrogen-bond donors (Lipinski definition) is 1. The van der Waals surface area contributed by atoms with E-state index in [9.17, 15) is 4.79 Å². The van der Waals surface area contributed by atoms with Crippen molar-refractivity contribution in [3.8, 4) is 0 Å². The largest absolute Gasteiger partial charge is 0.385 e. The first-order valence-electron chi connectivity index (χ1n) is 7.15. The number of carbonyl (C=O) groups excluding carboxylic acids is 1. The average molecular weight is 278 g/mol. The fourth-order valence-corrected chi connectivity index (χ4v) is 2.16. The van der Waals surface area contributed by atoms with Crippen LogP contribution in [-0.4, -0.2) is 43.7 Å². The SMILES string of the molecule is CCNc1ccc(C(=O)N(CCOC)C(C)C)c(C)c1. The van der Waals surface area contributed by atoms with Crippen LogP contribution in [0.5, 0.6) is 0 Å². The van der Waals surface area contributed by atoms with Crippen molar-refractivity contribution < 1.29 is 9.53 Å². The zero-order valence-corrected chi connectivity index (χ0v) is 13.2. The number of hydrogen-bond acceptors (Lipinski definition) is 3. The highest BCUT2D eigenvalue weighted by Crippen LogP contribution is 2.18. The van der Waals surface area contributed by atoms with Gasteiger partial charge in [0.05, 0.1) is 6.61 Å². The number of nitrogens with one attached hydrogen (secondary N) is 1. The summed E-state index contributed by atoms with van der Waals surface area (Å²) in [4.78, 5) is 14.5. The van der Waals surface area contributed by atoms with Crippen molar-refractivity contribution in [2.24, 2.45) is 0 Å². The number of aryl methyl sites for hydroxylation is 1. The molecule has 0 radical (unpaired) electrons. The average Bonchev–Trinajstić information content (AvgIpc) is 2.39. The highest BCUT2D eigenvalue weighted by Gasteiger charge is 2.20. The highest BCUT2D eigenvalue weighted by molar-refractivity contribution is 5.96. The number of nitrogens with zero attached hydrogens (tertiary/aromatic N) is 1. The quantitative estimate of drug-likeness (QED) is 0.834. The molecule has 0 atom stereocenters. The van der Waals surface area contributed by atoms with Gasteiger partial charge in [0.1, 0.15) is 0 Å². The van der Waals surface area contributed by atoms with Crippen molar-refractivity contribution in [3.05, 3.63) is 29.3 Å². The first kappa shape index (κ1) is 16.5. The van der Waals surface area contributed by atoms with Crippen molar-refractivity contribution in [2.45, 2.75) is 33.7 Å². The molecule has 0 aromatic heterocycles. The summed E-state index contributed by atoms with van der Waals surface area (Å²) in [5, 5.41) is 3.26. The number of ether oxygens (including phenoxy) is 1. The van der Waals surface area contributed by atoms with Crippen molar-refractivity contribution >= 4 is 11.6 Å². The molecule has 0 bridgehead atoms. The predicted molar refractivity (Wildman–Crippen MR) is 83.4 cm³/mol. The molecule has 0 aliphatic heterocycles. The van der Waals surface area contributed by atoms with Gasteiger partial charge in [-0.2, -0.15) is 0 Å². The predicted octanol–water partition coefficient (Wildman–Crippen LogP) is 2.92. The fourth-order valence-electron chi connectivity index (χ4n) is 2.16. The van der Waals surface area contributed by atoms with Crippen LogP contribution in [0.25, 0.3) is 0 Å². The van der Waals surface area contributed by atoms with Gasteiger partial charge >= 0.3 is 0 Å². The van der Waals surface area contributed by atoms with E-state index in [2.05, 4.69) is 12.2 Å². The Labute approximate surface area is 122 Å². The Morgan fingerprint density at radius 2 is 2.10 bits per heavy atom. The molecule has 4 nitrogen and oxygen atoms in total. The number of anilines is 1. The van der Waals surface area contributed by atoms with Crippen molar-refractivity contribution in [1.82, 2.24) is 4.90 Å². The van der Waals surface area contributed by atoms with E-state index in [-0.39, 0.29) is 11.9 Å². The van der Waals surface area contributed by atoms with Gasteiger partial charge in [-0.3, -0.25) is 4.79 Å². The smallest absolute Gasteiger partial charge is 0.254 e. The van der Waals surface area contributed by atoms with Gasteiger partial charge in [-0.05, 0) is 51.5 Å². The summed E-state index contributed by atoms with van der Waals surface area (Å²) in [7, 11) is 1.65. The third kappa shape index (κ3) is 4.23. The van der Waals surface area contributed by atoms with E-state index in [1.807, 2.05) is 43.9 Å². The van der Waals surface area contributed by atoms with Crippen molar-refractivity contribution in [3.63, 3.8) is 0 Å². The summed E-state index contributed by atoms with van der Waals surface area (Å²) in [6, 6.07) is 6.03. The van der Waals surface area contributed by atoms with Crippen LogP contribution in [0, 0.1) is 6.92 Å². The van der Waals surface area contributed by atoms with Crippen LogP contribution in [-0.2, 0) is 4.74 Å². The standard InChI is InChI=1S/C16H26N2O2/c1-6-17-14-7-8-15(13(4)11-14)16(19)18(12(2)3)9-10-20-5/h7-8,11-12,17H,6,9-10H2,1-5H3. The molecular formula is C16H26N2O2. The molecule has 0 saturated heterocycles. The van der Waals surface area contributed by atoms with Gasteiger partial charge in [0.2, 0.25) is 0 Å². The summed E-state index contributed by atoms with van der Waals surface area (Å²) < 4.78 is 5.09. The van der Waals surface area contributed by atoms with Crippen molar-refractivity contribution in [1.29, 1.82) is 0 Å².